The van der Waals surface area contributed by atoms with Crippen molar-refractivity contribution in [2.24, 2.45) is 23.2 Å². The monoisotopic (exact) mass is 396 g/mol. The van der Waals surface area contributed by atoms with Crippen LogP contribution in [0.15, 0.2) is 24.5 Å². The molecule has 156 valence electrons. The normalized spacial score (nSPS) is 34.2. The van der Waals surface area contributed by atoms with Crippen molar-refractivity contribution in [3.8, 4) is 0 Å². The molecule has 1 N–H and O–H groups in total. The number of pyridine rings is 1. The summed E-state index contributed by atoms with van der Waals surface area (Å²) >= 11 is 0. The molecule has 0 unspecified atom stereocenters. The van der Waals surface area contributed by atoms with Crippen molar-refractivity contribution in [1.29, 1.82) is 0 Å². The van der Waals surface area contributed by atoms with Gasteiger partial charge in [0.25, 0.3) is 0 Å². The zero-order valence-electron chi connectivity index (χ0n) is 17.3. The third-order valence-electron chi connectivity index (χ3n) is 7.86. The molecule has 4 aliphatic carbocycles. The molecule has 6 heteroatoms. The lowest BCUT2D eigenvalue weighted by Crippen LogP contribution is -2.58. The molecule has 5 fully saturated rings. The van der Waals surface area contributed by atoms with E-state index in [1.54, 1.807) is 12.4 Å². The van der Waals surface area contributed by atoms with Crippen molar-refractivity contribution in [2.75, 3.05) is 31.1 Å². The number of hydrogen-bond acceptors (Lipinski definition) is 4. The third kappa shape index (κ3) is 3.51. The van der Waals surface area contributed by atoms with Gasteiger partial charge in [0.05, 0.1) is 0 Å². The standard InChI is InChI=1S/C23H32N4O2/c1-16(21(28)27-8-6-26(7-9-27)20-2-4-24-5-3-20)25-22(29)23-13-17-10-18(14-23)12-19(11-17)15-23/h2-5,16-19H,6-15H2,1H3,(H,25,29)/t16-,17?,18?,19?,23?/m0/s1. The van der Waals surface area contributed by atoms with Gasteiger partial charge in [-0.05, 0) is 75.3 Å². The van der Waals surface area contributed by atoms with Crippen molar-refractivity contribution >= 4 is 17.5 Å². The number of nitrogens with one attached hydrogen (secondary N) is 1. The zero-order chi connectivity index (χ0) is 20.0. The molecule has 4 bridgehead atoms. The molecule has 5 aliphatic rings. The maximum Gasteiger partial charge on any atom is 0.244 e. The summed E-state index contributed by atoms with van der Waals surface area (Å²) in [6.07, 6.45) is 10.7. The van der Waals surface area contributed by atoms with Crippen molar-refractivity contribution < 1.29 is 9.59 Å². The summed E-state index contributed by atoms with van der Waals surface area (Å²) in [5.41, 5.74) is 0.957. The van der Waals surface area contributed by atoms with Crippen LogP contribution in [0.25, 0.3) is 0 Å². The third-order valence-corrected chi connectivity index (χ3v) is 7.86. The maximum absolute atomic E-state index is 13.2. The van der Waals surface area contributed by atoms with E-state index in [4.69, 9.17) is 0 Å². The van der Waals surface area contributed by atoms with Gasteiger partial charge < -0.3 is 15.1 Å². The Morgan fingerprint density at radius 3 is 2.10 bits per heavy atom. The van der Waals surface area contributed by atoms with E-state index in [1.165, 1.54) is 19.3 Å². The Balaban J connectivity index is 1.17. The maximum atomic E-state index is 13.2. The number of aromatic nitrogens is 1. The molecule has 1 atom stereocenters. The van der Waals surface area contributed by atoms with Crippen molar-refractivity contribution in [3.05, 3.63) is 24.5 Å². The molecule has 4 saturated carbocycles. The van der Waals surface area contributed by atoms with Crippen LogP contribution in [0.5, 0.6) is 0 Å². The highest BCUT2D eigenvalue weighted by Crippen LogP contribution is 2.60. The van der Waals surface area contributed by atoms with Crippen LogP contribution in [0, 0.1) is 23.2 Å². The number of carbonyl (C=O) groups is 2. The summed E-state index contributed by atoms with van der Waals surface area (Å²) in [6.45, 7) is 4.87. The molecule has 6 nitrogen and oxygen atoms in total. The van der Waals surface area contributed by atoms with Gasteiger partial charge in [-0.1, -0.05) is 0 Å². The molecule has 2 heterocycles. The second-order valence-electron chi connectivity index (χ2n) is 9.91. The fourth-order valence-corrected chi connectivity index (χ4v) is 6.81. The SMILES string of the molecule is C[C@H](NC(=O)C12CC3CC(CC(C3)C1)C2)C(=O)N1CCN(c2ccncc2)CC1. The predicted molar refractivity (Wildman–Crippen MR) is 111 cm³/mol. The Morgan fingerprint density at radius 1 is 1.00 bits per heavy atom. The lowest BCUT2D eigenvalue weighted by Gasteiger charge is -2.55. The highest BCUT2D eigenvalue weighted by atomic mass is 16.2. The van der Waals surface area contributed by atoms with Crippen LogP contribution in [-0.4, -0.2) is 53.9 Å². The van der Waals surface area contributed by atoms with E-state index in [0.717, 1.165) is 55.8 Å². The van der Waals surface area contributed by atoms with Crippen LogP contribution in [0.4, 0.5) is 5.69 Å². The van der Waals surface area contributed by atoms with E-state index in [0.29, 0.717) is 13.1 Å². The fourth-order valence-electron chi connectivity index (χ4n) is 6.81. The smallest absolute Gasteiger partial charge is 0.244 e. The van der Waals surface area contributed by atoms with E-state index < -0.39 is 6.04 Å². The summed E-state index contributed by atoms with van der Waals surface area (Å²) in [6, 6.07) is 3.57. The van der Waals surface area contributed by atoms with E-state index in [-0.39, 0.29) is 17.2 Å². The first kappa shape index (κ1) is 18.9. The number of rotatable bonds is 4. The molecule has 0 aromatic carbocycles. The van der Waals surface area contributed by atoms with E-state index in [9.17, 15) is 9.59 Å². The largest absolute Gasteiger partial charge is 0.368 e. The Hall–Kier alpha value is -2.11. The molecule has 0 spiro atoms. The minimum atomic E-state index is -0.442. The zero-order valence-corrected chi connectivity index (χ0v) is 17.3. The number of hydrogen-bond donors (Lipinski definition) is 1. The van der Waals surface area contributed by atoms with Gasteiger partial charge in [-0.25, -0.2) is 0 Å². The van der Waals surface area contributed by atoms with Gasteiger partial charge in [0.2, 0.25) is 11.8 Å². The quantitative estimate of drug-likeness (QED) is 0.849. The van der Waals surface area contributed by atoms with Gasteiger partial charge in [0.15, 0.2) is 0 Å². The summed E-state index contributed by atoms with van der Waals surface area (Å²) in [5.74, 6) is 2.41. The first-order valence-corrected chi connectivity index (χ1v) is 11.3. The Morgan fingerprint density at radius 2 is 1.55 bits per heavy atom. The lowest BCUT2D eigenvalue weighted by atomic mass is 9.49. The predicted octanol–water partition coefficient (Wildman–Crippen LogP) is 2.45. The first-order valence-electron chi connectivity index (χ1n) is 11.3. The number of nitrogens with zero attached hydrogens (tertiary/aromatic N) is 3. The van der Waals surface area contributed by atoms with Gasteiger partial charge in [0.1, 0.15) is 6.04 Å². The second kappa shape index (κ2) is 7.29. The molecule has 0 radical (unpaired) electrons. The van der Waals surface area contributed by atoms with Crippen LogP contribution >= 0.6 is 0 Å². The highest BCUT2D eigenvalue weighted by molar-refractivity contribution is 5.90. The molecule has 6 rings (SSSR count). The number of piperazine rings is 1. The highest BCUT2D eigenvalue weighted by Gasteiger charge is 2.54. The Kier molecular flexibility index (Phi) is 4.75. The van der Waals surface area contributed by atoms with Crippen molar-refractivity contribution in [1.82, 2.24) is 15.2 Å². The molecule has 29 heavy (non-hydrogen) atoms. The number of amides is 2. The summed E-state index contributed by atoms with van der Waals surface area (Å²) in [5, 5.41) is 3.12. The molecule has 1 aromatic heterocycles. The van der Waals surface area contributed by atoms with E-state index in [2.05, 4.69) is 15.2 Å². The van der Waals surface area contributed by atoms with E-state index >= 15 is 0 Å². The van der Waals surface area contributed by atoms with Gasteiger partial charge in [0, 0.05) is 49.7 Å². The summed E-state index contributed by atoms with van der Waals surface area (Å²) in [7, 11) is 0. The molecular formula is C23H32N4O2. The first-order chi connectivity index (χ1) is 14.0. The van der Waals surface area contributed by atoms with Gasteiger partial charge in [-0.3, -0.25) is 14.6 Å². The van der Waals surface area contributed by atoms with Crippen molar-refractivity contribution in [2.45, 2.75) is 51.5 Å². The van der Waals surface area contributed by atoms with Crippen LogP contribution in [0.1, 0.15) is 45.4 Å². The molecule has 1 saturated heterocycles. The average Bonchev–Trinajstić information content (AvgIpc) is 2.73. The average molecular weight is 397 g/mol. The van der Waals surface area contributed by atoms with Crippen LogP contribution in [0.3, 0.4) is 0 Å². The molecule has 1 aromatic rings. The minimum absolute atomic E-state index is 0.0532. The minimum Gasteiger partial charge on any atom is -0.368 e. The summed E-state index contributed by atoms with van der Waals surface area (Å²) in [4.78, 5) is 34.5. The van der Waals surface area contributed by atoms with Crippen LogP contribution in [-0.2, 0) is 9.59 Å². The fraction of sp³-hybridized carbons (Fsp3) is 0.696. The van der Waals surface area contributed by atoms with Crippen LogP contribution in [0.2, 0.25) is 0 Å². The molecular weight excluding hydrogens is 364 g/mol. The van der Waals surface area contributed by atoms with Crippen molar-refractivity contribution in [3.63, 3.8) is 0 Å². The number of carbonyl (C=O) groups excluding carboxylic acids is 2. The molecule has 1 aliphatic heterocycles. The Bertz CT molecular complexity index is 737. The molecule has 2 amide bonds. The number of anilines is 1. The van der Waals surface area contributed by atoms with Gasteiger partial charge in [-0.2, -0.15) is 0 Å². The van der Waals surface area contributed by atoms with Gasteiger partial charge >= 0.3 is 0 Å². The topological polar surface area (TPSA) is 65.5 Å². The lowest BCUT2D eigenvalue weighted by molar-refractivity contribution is -0.149. The van der Waals surface area contributed by atoms with Gasteiger partial charge in [-0.15, -0.1) is 0 Å². The second-order valence-corrected chi connectivity index (χ2v) is 9.91. The van der Waals surface area contributed by atoms with E-state index in [1.807, 2.05) is 24.0 Å². The Labute approximate surface area is 173 Å². The van der Waals surface area contributed by atoms with Crippen LogP contribution < -0.4 is 10.2 Å². The summed E-state index contributed by atoms with van der Waals surface area (Å²) < 4.78 is 0.